The van der Waals surface area contributed by atoms with E-state index in [0.717, 1.165) is 0 Å². The summed E-state index contributed by atoms with van der Waals surface area (Å²) in [6, 6.07) is 2.86. The summed E-state index contributed by atoms with van der Waals surface area (Å²) in [5, 5.41) is 9.34. The fourth-order valence-electron chi connectivity index (χ4n) is 1.96. The van der Waals surface area contributed by atoms with Crippen molar-refractivity contribution >= 4 is 0 Å². The first-order valence-electron chi connectivity index (χ1n) is 5.79. The van der Waals surface area contributed by atoms with Crippen LogP contribution in [0.1, 0.15) is 31.4 Å². The zero-order valence-electron chi connectivity index (χ0n) is 10.4. The second-order valence-electron chi connectivity index (χ2n) is 4.93. The van der Waals surface area contributed by atoms with Crippen LogP contribution in [0.2, 0.25) is 0 Å². The minimum Gasteiger partial charge on any atom is -0.486 e. The van der Waals surface area contributed by atoms with E-state index in [0.29, 0.717) is 30.3 Å². The van der Waals surface area contributed by atoms with E-state index < -0.39 is 11.8 Å². The van der Waals surface area contributed by atoms with E-state index in [1.54, 1.807) is 19.9 Å². The van der Waals surface area contributed by atoms with Crippen molar-refractivity contribution < 1.29 is 23.4 Å². The number of hydrogen-bond acceptors (Lipinski definition) is 3. The fraction of sp³-hybridized carbons (Fsp3) is 0.538. The van der Waals surface area contributed by atoms with E-state index in [1.165, 1.54) is 6.07 Å². The third kappa shape index (κ3) is 2.27. The Labute approximate surface area is 104 Å². The molecule has 1 aliphatic heterocycles. The van der Waals surface area contributed by atoms with Crippen LogP contribution in [-0.2, 0) is 5.41 Å². The number of rotatable bonds is 3. The summed E-state index contributed by atoms with van der Waals surface area (Å²) in [7, 11) is 0. The lowest BCUT2D eigenvalue weighted by Crippen LogP contribution is -2.25. The second kappa shape index (κ2) is 4.72. The van der Waals surface area contributed by atoms with E-state index in [9.17, 15) is 13.9 Å². The van der Waals surface area contributed by atoms with Crippen molar-refractivity contribution in [3.63, 3.8) is 0 Å². The predicted octanol–water partition coefficient (Wildman–Crippen LogP) is 2.67. The Balaban J connectivity index is 2.56. The van der Waals surface area contributed by atoms with Gasteiger partial charge in [0.15, 0.2) is 11.5 Å². The van der Waals surface area contributed by atoms with Crippen LogP contribution in [-0.4, -0.2) is 24.9 Å². The molecule has 0 atom stereocenters. The summed E-state index contributed by atoms with van der Waals surface area (Å²) in [5.41, 5.74) is -0.468. The molecule has 2 rings (SSSR count). The molecule has 0 amide bonds. The topological polar surface area (TPSA) is 38.7 Å². The predicted molar refractivity (Wildman–Crippen MR) is 62.5 cm³/mol. The highest BCUT2D eigenvalue weighted by molar-refractivity contribution is 5.50. The van der Waals surface area contributed by atoms with Gasteiger partial charge in [-0.1, -0.05) is 13.8 Å². The summed E-state index contributed by atoms with van der Waals surface area (Å²) in [4.78, 5) is 0. The van der Waals surface area contributed by atoms with Crippen molar-refractivity contribution in [2.45, 2.75) is 25.7 Å². The molecular weight excluding hydrogens is 242 g/mol. The lowest BCUT2D eigenvalue weighted by Gasteiger charge is -2.28. The zero-order valence-corrected chi connectivity index (χ0v) is 10.4. The quantitative estimate of drug-likeness (QED) is 0.905. The van der Waals surface area contributed by atoms with Crippen molar-refractivity contribution in [3.05, 3.63) is 23.3 Å². The molecule has 1 heterocycles. The third-order valence-electron chi connectivity index (χ3n) is 3.07. The first kappa shape index (κ1) is 13.1. The Hall–Kier alpha value is -1.36. The Morgan fingerprint density at radius 1 is 1.22 bits per heavy atom. The molecule has 0 unspecified atom stereocenters. The van der Waals surface area contributed by atoms with Gasteiger partial charge in [-0.3, -0.25) is 0 Å². The molecule has 0 fully saturated rings. The Morgan fingerprint density at radius 2 is 1.78 bits per heavy atom. The second-order valence-corrected chi connectivity index (χ2v) is 4.93. The van der Waals surface area contributed by atoms with E-state index in [1.807, 2.05) is 0 Å². The molecule has 1 aliphatic rings. The lowest BCUT2D eigenvalue weighted by atomic mass is 9.82. The molecule has 3 nitrogen and oxygen atoms in total. The maximum Gasteiger partial charge on any atom is 0.264 e. The maximum absolute atomic E-state index is 13.1. The van der Waals surface area contributed by atoms with Gasteiger partial charge in [-0.05, 0) is 17.7 Å². The van der Waals surface area contributed by atoms with Gasteiger partial charge in [0, 0.05) is 11.0 Å². The monoisotopic (exact) mass is 258 g/mol. The molecule has 0 radical (unpaired) electrons. The van der Waals surface area contributed by atoms with Crippen LogP contribution in [0.15, 0.2) is 12.1 Å². The number of benzene rings is 1. The maximum atomic E-state index is 13.1. The molecule has 0 saturated heterocycles. The highest BCUT2D eigenvalue weighted by Crippen LogP contribution is 2.41. The number of aliphatic hydroxyl groups is 1. The van der Waals surface area contributed by atoms with Crippen LogP contribution < -0.4 is 9.47 Å². The number of fused-ring (bicyclic) bond motifs is 1. The molecular formula is C13H16F2O3. The Morgan fingerprint density at radius 3 is 2.28 bits per heavy atom. The number of ether oxygens (including phenoxy) is 2. The van der Waals surface area contributed by atoms with Crippen molar-refractivity contribution in [2.75, 3.05) is 19.8 Å². The van der Waals surface area contributed by atoms with Crippen molar-refractivity contribution in [1.29, 1.82) is 0 Å². The van der Waals surface area contributed by atoms with Crippen LogP contribution >= 0.6 is 0 Å². The number of hydrogen-bond donors (Lipinski definition) is 1. The van der Waals surface area contributed by atoms with Gasteiger partial charge in [0.05, 0.1) is 6.61 Å². The molecule has 0 aromatic heterocycles. The Bertz CT molecular complexity index is 444. The SMILES string of the molecule is CC(C)(CO)c1cc2c(cc1C(F)F)OCCO2. The standard InChI is InChI=1S/C13H16F2O3/c1-13(2,7-16)9-6-11-10(17-3-4-18-11)5-8(9)12(14)15/h5-6,12,16H,3-4,7H2,1-2H3. The van der Waals surface area contributed by atoms with Crippen LogP contribution in [0, 0.1) is 0 Å². The summed E-state index contributed by atoms with van der Waals surface area (Å²) in [5.74, 6) is 0.802. The average Bonchev–Trinajstić information content (AvgIpc) is 2.37. The van der Waals surface area contributed by atoms with Gasteiger partial charge in [-0.2, -0.15) is 0 Å². The van der Waals surface area contributed by atoms with Gasteiger partial charge in [-0.25, -0.2) is 8.78 Å². The van der Waals surface area contributed by atoms with E-state index in [2.05, 4.69) is 0 Å². The molecule has 0 saturated carbocycles. The normalized spacial score (nSPS) is 15.0. The Kier molecular flexibility index (Phi) is 3.43. The molecule has 0 spiro atoms. The van der Waals surface area contributed by atoms with Crippen molar-refractivity contribution in [1.82, 2.24) is 0 Å². The van der Waals surface area contributed by atoms with Gasteiger partial charge in [-0.15, -0.1) is 0 Å². The minimum atomic E-state index is -2.61. The van der Waals surface area contributed by atoms with Gasteiger partial charge >= 0.3 is 0 Å². The molecule has 1 aromatic rings. The highest BCUT2D eigenvalue weighted by Gasteiger charge is 2.29. The van der Waals surface area contributed by atoms with Crippen LogP contribution in [0.25, 0.3) is 0 Å². The summed E-state index contributed by atoms with van der Waals surface area (Å²) >= 11 is 0. The lowest BCUT2D eigenvalue weighted by molar-refractivity contribution is 0.140. The smallest absolute Gasteiger partial charge is 0.264 e. The van der Waals surface area contributed by atoms with E-state index in [4.69, 9.17) is 9.47 Å². The summed E-state index contributed by atoms with van der Waals surface area (Å²) < 4.78 is 36.9. The van der Waals surface area contributed by atoms with Crippen LogP contribution in [0.3, 0.4) is 0 Å². The first-order chi connectivity index (χ1) is 8.45. The minimum absolute atomic E-state index is 0.113. The van der Waals surface area contributed by atoms with Crippen LogP contribution in [0.4, 0.5) is 8.78 Å². The molecule has 0 bridgehead atoms. The zero-order chi connectivity index (χ0) is 13.3. The molecule has 1 aromatic carbocycles. The number of alkyl halides is 2. The van der Waals surface area contributed by atoms with Gasteiger partial charge < -0.3 is 14.6 Å². The fourth-order valence-corrected chi connectivity index (χ4v) is 1.96. The molecule has 100 valence electrons. The van der Waals surface area contributed by atoms with Gasteiger partial charge in [0.2, 0.25) is 0 Å². The molecule has 5 heteroatoms. The average molecular weight is 258 g/mol. The first-order valence-corrected chi connectivity index (χ1v) is 5.79. The van der Waals surface area contributed by atoms with Crippen LogP contribution in [0.5, 0.6) is 11.5 Å². The van der Waals surface area contributed by atoms with Gasteiger partial charge in [0.25, 0.3) is 6.43 Å². The van der Waals surface area contributed by atoms with Crippen molar-refractivity contribution in [3.8, 4) is 11.5 Å². The van der Waals surface area contributed by atoms with Gasteiger partial charge in [0.1, 0.15) is 13.2 Å². The van der Waals surface area contributed by atoms with Crippen molar-refractivity contribution in [2.24, 2.45) is 0 Å². The molecule has 1 N–H and O–H groups in total. The number of aliphatic hydroxyl groups excluding tert-OH is 1. The highest BCUT2D eigenvalue weighted by atomic mass is 19.3. The third-order valence-corrected chi connectivity index (χ3v) is 3.07. The number of halogens is 2. The van der Waals surface area contributed by atoms with E-state index in [-0.39, 0.29) is 12.2 Å². The largest absolute Gasteiger partial charge is 0.486 e. The molecule has 18 heavy (non-hydrogen) atoms. The summed E-state index contributed by atoms with van der Waals surface area (Å²) in [6.45, 7) is 3.97. The summed E-state index contributed by atoms with van der Waals surface area (Å²) in [6.07, 6.45) is -2.61. The van der Waals surface area contributed by atoms with E-state index >= 15 is 0 Å². The molecule has 0 aliphatic carbocycles.